The Hall–Kier alpha value is -3.13. The third kappa shape index (κ3) is 7.45. The first-order chi connectivity index (χ1) is 16.5. The molecule has 1 atom stereocenters. The number of hydrogen-bond donors (Lipinski definition) is 3. The molecule has 0 bridgehead atoms. The van der Waals surface area contributed by atoms with Crippen LogP contribution in [0.15, 0.2) is 66.9 Å². The summed E-state index contributed by atoms with van der Waals surface area (Å²) in [6.45, 7) is 2.23. The first-order valence-electron chi connectivity index (χ1n) is 10.7. The Morgan fingerprint density at radius 1 is 0.941 bits per heavy atom. The van der Waals surface area contributed by atoms with Crippen molar-refractivity contribution in [3.63, 3.8) is 0 Å². The van der Waals surface area contributed by atoms with Crippen molar-refractivity contribution in [2.75, 3.05) is 25.5 Å². The Balaban J connectivity index is 1.52. The normalized spacial score (nSPS) is 11.5. The van der Waals surface area contributed by atoms with Gasteiger partial charge in [0.15, 0.2) is 0 Å². The topological polar surface area (TPSA) is 92.3 Å². The van der Waals surface area contributed by atoms with Crippen LogP contribution in [0.2, 0.25) is 10.0 Å². The van der Waals surface area contributed by atoms with Crippen LogP contribution < -0.4 is 16.0 Å². The second kappa shape index (κ2) is 12.9. The summed E-state index contributed by atoms with van der Waals surface area (Å²) in [5, 5.41) is 9.71. The van der Waals surface area contributed by atoms with E-state index in [1.54, 1.807) is 24.4 Å². The van der Waals surface area contributed by atoms with Crippen LogP contribution in [-0.2, 0) is 22.5 Å². The molecule has 0 saturated heterocycles. The zero-order chi connectivity index (χ0) is 24.3. The Morgan fingerprint density at radius 3 is 2.29 bits per heavy atom. The molecule has 3 N–H and O–H groups in total. The van der Waals surface area contributed by atoms with E-state index in [0.29, 0.717) is 6.54 Å². The fraction of sp³-hybridized carbons (Fsp3) is 0.240. The number of nitrogens with one attached hydrogen (secondary N) is 3. The van der Waals surface area contributed by atoms with Crippen molar-refractivity contribution in [2.45, 2.75) is 19.0 Å². The van der Waals surface area contributed by atoms with Gasteiger partial charge in [-0.3, -0.25) is 4.79 Å². The van der Waals surface area contributed by atoms with Gasteiger partial charge in [-0.2, -0.15) is 0 Å². The number of halogens is 2. The van der Waals surface area contributed by atoms with E-state index in [2.05, 4.69) is 20.9 Å². The number of esters is 1. The second-order valence-corrected chi connectivity index (χ2v) is 8.30. The fourth-order valence-corrected chi connectivity index (χ4v) is 3.86. The summed E-state index contributed by atoms with van der Waals surface area (Å²) in [5.41, 5.74) is 2.10. The number of carbonyl (C=O) groups excluding carboxylic acids is 2. The van der Waals surface area contributed by atoms with Crippen LogP contribution >= 0.6 is 23.2 Å². The van der Waals surface area contributed by atoms with E-state index in [1.807, 2.05) is 42.5 Å². The monoisotopic (exact) mass is 500 g/mol. The zero-order valence-corrected chi connectivity index (χ0v) is 20.2. The molecule has 0 aliphatic heterocycles. The summed E-state index contributed by atoms with van der Waals surface area (Å²) in [5.74, 6) is -0.244. The molecular weight excluding hydrogens is 475 g/mol. The molecule has 0 spiro atoms. The number of hydrogen-bond acceptors (Lipinski definition) is 6. The van der Waals surface area contributed by atoms with Gasteiger partial charge < -0.3 is 20.7 Å². The number of ether oxygens (including phenoxy) is 1. The van der Waals surface area contributed by atoms with Gasteiger partial charge >= 0.3 is 5.97 Å². The molecule has 1 heterocycles. The highest BCUT2D eigenvalue weighted by Crippen LogP contribution is 2.24. The summed E-state index contributed by atoms with van der Waals surface area (Å²) < 4.78 is 4.87. The number of anilines is 1. The Kier molecular flexibility index (Phi) is 9.70. The average Bonchev–Trinajstić information content (AvgIpc) is 2.84. The van der Waals surface area contributed by atoms with Crippen LogP contribution in [0.25, 0.3) is 0 Å². The van der Waals surface area contributed by atoms with Crippen LogP contribution in [0, 0.1) is 0 Å². The van der Waals surface area contributed by atoms with E-state index in [0.717, 1.165) is 30.0 Å². The van der Waals surface area contributed by atoms with Crippen LogP contribution in [-0.4, -0.2) is 43.1 Å². The first-order valence-corrected chi connectivity index (χ1v) is 11.5. The Bertz CT molecular complexity index is 1070. The number of rotatable bonds is 11. The minimum absolute atomic E-state index is 0.124. The number of amides is 1. The number of nitrogens with zero attached hydrogens (tertiary/aromatic N) is 1. The van der Waals surface area contributed by atoms with E-state index >= 15 is 0 Å². The second-order valence-electron chi connectivity index (χ2n) is 7.49. The van der Waals surface area contributed by atoms with Gasteiger partial charge in [0.2, 0.25) is 0 Å². The molecule has 3 rings (SSSR count). The van der Waals surface area contributed by atoms with Gasteiger partial charge in [-0.1, -0.05) is 59.6 Å². The highest BCUT2D eigenvalue weighted by Gasteiger charge is 2.24. The highest BCUT2D eigenvalue weighted by atomic mass is 35.5. The maximum atomic E-state index is 12.7. The van der Waals surface area contributed by atoms with Crippen molar-refractivity contribution in [1.29, 1.82) is 0 Å². The zero-order valence-electron chi connectivity index (χ0n) is 18.7. The SMILES string of the molecule is COC(=O)[C@H](Cc1ccc(CNCCNc2ccccn2)cc1)NC(=O)c1c(Cl)cccc1Cl. The van der Waals surface area contributed by atoms with E-state index in [9.17, 15) is 9.59 Å². The Labute approximate surface area is 208 Å². The number of methoxy groups -OCH3 is 1. The van der Waals surface area contributed by atoms with Crippen LogP contribution in [0.3, 0.4) is 0 Å². The molecule has 0 saturated carbocycles. The van der Waals surface area contributed by atoms with Crippen LogP contribution in [0.4, 0.5) is 5.82 Å². The molecule has 178 valence electrons. The van der Waals surface area contributed by atoms with Gasteiger partial charge in [-0.15, -0.1) is 0 Å². The molecule has 9 heteroatoms. The lowest BCUT2D eigenvalue weighted by molar-refractivity contribution is -0.142. The number of carbonyl (C=O) groups is 2. The molecule has 7 nitrogen and oxygen atoms in total. The maximum absolute atomic E-state index is 12.7. The van der Waals surface area contributed by atoms with Crippen LogP contribution in [0.5, 0.6) is 0 Å². The molecule has 2 aromatic carbocycles. The number of benzene rings is 2. The fourth-order valence-electron chi connectivity index (χ4n) is 3.29. The van der Waals surface area contributed by atoms with E-state index in [1.165, 1.54) is 7.11 Å². The molecule has 3 aromatic rings. The number of pyridine rings is 1. The summed E-state index contributed by atoms with van der Waals surface area (Å²) in [6.07, 6.45) is 2.02. The molecule has 1 aromatic heterocycles. The highest BCUT2D eigenvalue weighted by molar-refractivity contribution is 6.39. The van der Waals surface area contributed by atoms with E-state index in [4.69, 9.17) is 27.9 Å². The van der Waals surface area contributed by atoms with Crippen molar-refractivity contribution < 1.29 is 14.3 Å². The van der Waals surface area contributed by atoms with E-state index in [-0.39, 0.29) is 22.0 Å². The van der Waals surface area contributed by atoms with Gasteiger partial charge in [-0.25, -0.2) is 9.78 Å². The molecule has 1 amide bonds. The first kappa shape index (κ1) is 25.5. The summed E-state index contributed by atoms with van der Waals surface area (Å²) in [4.78, 5) is 29.2. The van der Waals surface area contributed by atoms with Crippen molar-refractivity contribution in [2.24, 2.45) is 0 Å². The summed E-state index contributed by atoms with van der Waals surface area (Å²) in [7, 11) is 1.28. The minimum atomic E-state index is -0.883. The van der Waals surface area contributed by atoms with E-state index < -0.39 is 17.9 Å². The lowest BCUT2D eigenvalue weighted by Crippen LogP contribution is -2.43. The lowest BCUT2D eigenvalue weighted by Gasteiger charge is -2.18. The largest absolute Gasteiger partial charge is 0.467 e. The smallest absolute Gasteiger partial charge is 0.328 e. The Morgan fingerprint density at radius 2 is 1.65 bits per heavy atom. The average molecular weight is 501 g/mol. The lowest BCUT2D eigenvalue weighted by atomic mass is 10.0. The molecule has 0 aliphatic rings. The third-order valence-corrected chi connectivity index (χ3v) is 5.68. The predicted molar refractivity (Wildman–Crippen MR) is 134 cm³/mol. The van der Waals surface area contributed by atoms with Gasteiger partial charge in [-0.05, 0) is 35.4 Å². The molecule has 0 fully saturated rings. The van der Waals surface area contributed by atoms with Crippen LogP contribution in [0.1, 0.15) is 21.5 Å². The van der Waals surface area contributed by atoms with Gasteiger partial charge in [0.1, 0.15) is 11.9 Å². The molecule has 0 aliphatic carbocycles. The molecular formula is C25H26Cl2N4O3. The van der Waals surface area contributed by atoms with Crippen molar-refractivity contribution in [3.8, 4) is 0 Å². The predicted octanol–water partition coefficient (Wildman–Crippen LogP) is 4.10. The van der Waals surface area contributed by atoms with Gasteiger partial charge in [0.25, 0.3) is 5.91 Å². The minimum Gasteiger partial charge on any atom is -0.467 e. The van der Waals surface area contributed by atoms with Crippen molar-refractivity contribution >= 4 is 40.9 Å². The summed E-state index contributed by atoms with van der Waals surface area (Å²) in [6, 6.07) is 17.4. The third-order valence-electron chi connectivity index (χ3n) is 5.05. The molecule has 0 radical (unpaired) electrons. The molecule has 34 heavy (non-hydrogen) atoms. The molecule has 0 unspecified atom stereocenters. The quantitative estimate of drug-likeness (QED) is 0.271. The standard InChI is InChI=1S/C25H26Cl2N4O3/c1-34-25(33)21(31-24(32)23-19(26)5-4-6-20(23)27)15-17-8-10-18(11-9-17)16-28-13-14-30-22-7-2-3-12-29-22/h2-12,21,28H,13-16H2,1H3,(H,29,30)(H,31,32)/t21-/m0/s1. The van der Waals surface area contributed by atoms with Crippen molar-refractivity contribution in [3.05, 3.63) is 93.6 Å². The maximum Gasteiger partial charge on any atom is 0.328 e. The summed E-state index contributed by atoms with van der Waals surface area (Å²) >= 11 is 12.2. The number of aromatic nitrogens is 1. The van der Waals surface area contributed by atoms with Gasteiger partial charge in [0, 0.05) is 32.3 Å². The van der Waals surface area contributed by atoms with Gasteiger partial charge in [0.05, 0.1) is 22.7 Å². The van der Waals surface area contributed by atoms with Crippen molar-refractivity contribution in [1.82, 2.24) is 15.6 Å².